The summed E-state index contributed by atoms with van der Waals surface area (Å²) in [6, 6.07) is 12.3. The number of benzene rings is 2. The van der Waals surface area contributed by atoms with Crippen molar-refractivity contribution in [2.24, 2.45) is 5.16 Å². The number of nitrogens with zero attached hydrogens (tertiary/aromatic N) is 2. The fourth-order valence-corrected chi connectivity index (χ4v) is 1.99. The van der Waals surface area contributed by atoms with Crippen LogP contribution < -0.4 is 4.74 Å². The molecule has 21 heavy (non-hydrogen) atoms. The van der Waals surface area contributed by atoms with Gasteiger partial charge in [-0.2, -0.15) is 0 Å². The van der Waals surface area contributed by atoms with E-state index in [1.165, 1.54) is 0 Å². The highest BCUT2D eigenvalue weighted by Crippen LogP contribution is 2.22. The summed E-state index contributed by atoms with van der Waals surface area (Å²) in [4.78, 5) is 7.40. The molecule has 2 aromatic carbocycles. The number of methoxy groups -OCH3 is 1. The highest BCUT2D eigenvalue weighted by Gasteiger charge is 2.02. The summed E-state index contributed by atoms with van der Waals surface area (Å²) in [5, 5.41) is 6.49. The Morgan fingerprint density at radius 1 is 1.10 bits per heavy atom. The number of ether oxygens (including phenoxy) is 1. The molecule has 0 aliphatic carbocycles. The van der Waals surface area contributed by atoms with E-state index in [1.54, 1.807) is 7.11 Å². The molecule has 2 rings (SSSR count). The van der Waals surface area contributed by atoms with Crippen LogP contribution in [0.3, 0.4) is 0 Å². The van der Waals surface area contributed by atoms with Gasteiger partial charge in [0.15, 0.2) is 0 Å². The van der Waals surface area contributed by atoms with E-state index in [2.05, 4.69) is 34.3 Å². The quantitative estimate of drug-likeness (QED) is 0.465. The van der Waals surface area contributed by atoms with Crippen LogP contribution in [-0.2, 0) is 4.84 Å². The van der Waals surface area contributed by atoms with Crippen LogP contribution in [0.5, 0.6) is 5.75 Å². The van der Waals surface area contributed by atoms with Crippen molar-refractivity contribution in [3.63, 3.8) is 0 Å². The minimum absolute atomic E-state index is 0.592. The third-order valence-corrected chi connectivity index (χ3v) is 3.30. The fourth-order valence-electron chi connectivity index (χ4n) is 1.99. The Balaban J connectivity index is 2.12. The zero-order chi connectivity index (χ0) is 15.2. The van der Waals surface area contributed by atoms with Gasteiger partial charge in [0.05, 0.1) is 12.8 Å². The van der Waals surface area contributed by atoms with Crippen molar-refractivity contribution >= 4 is 16.5 Å². The van der Waals surface area contributed by atoms with Gasteiger partial charge in [-0.05, 0) is 55.6 Å². The first-order valence-electron chi connectivity index (χ1n) is 6.99. The molecule has 0 N–H and O–H groups in total. The average Bonchev–Trinajstić information content (AvgIpc) is 2.50. The minimum Gasteiger partial charge on any atom is -0.497 e. The van der Waals surface area contributed by atoms with Gasteiger partial charge in [-0.3, -0.25) is 0 Å². The number of rotatable bonds is 6. The van der Waals surface area contributed by atoms with Crippen LogP contribution in [-0.4, -0.2) is 45.0 Å². The maximum absolute atomic E-state index is 5.34. The van der Waals surface area contributed by atoms with Crippen LogP contribution in [0.25, 0.3) is 10.8 Å². The van der Waals surface area contributed by atoms with Gasteiger partial charge in [-0.1, -0.05) is 23.4 Å². The summed E-state index contributed by atoms with van der Waals surface area (Å²) in [5.41, 5.74) is 1.95. The molecule has 0 unspecified atom stereocenters. The van der Waals surface area contributed by atoms with Crippen LogP contribution in [0.2, 0.25) is 0 Å². The first kappa shape index (κ1) is 15.3. The predicted octanol–water partition coefficient (Wildman–Crippen LogP) is 3.15. The van der Waals surface area contributed by atoms with Gasteiger partial charge in [-0.25, -0.2) is 0 Å². The van der Waals surface area contributed by atoms with Crippen molar-refractivity contribution in [2.75, 3.05) is 34.4 Å². The Morgan fingerprint density at radius 3 is 2.52 bits per heavy atom. The molecule has 0 bridgehead atoms. The molecular weight excluding hydrogens is 264 g/mol. The van der Waals surface area contributed by atoms with Crippen molar-refractivity contribution in [2.45, 2.75) is 6.92 Å². The fraction of sp³-hybridized carbons (Fsp3) is 0.353. The Bertz CT molecular complexity index is 636. The van der Waals surface area contributed by atoms with Crippen molar-refractivity contribution in [1.29, 1.82) is 0 Å². The standard InChI is InChI=1S/C17H22N2O2/c1-13(18-21-10-9-19(2)3)14-5-6-16-12-17(20-4)8-7-15(16)11-14/h5-8,11-12H,9-10H2,1-4H3/b18-13+. The summed E-state index contributed by atoms with van der Waals surface area (Å²) >= 11 is 0. The molecule has 4 nitrogen and oxygen atoms in total. The van der Waals surface area contributed by atoms with E-state index in [4.69, 9.17) is 9.57 Å². The predicted molar refractivity (Wildman–Crippen MR) is 87.2 cm³/mol. The Morgan fingerprint density at radius 2 is 1.81 bits per heavy atom. The molecule has 0 aliphatic rings. The molecule has 0 fully saturated rings. The zero-order valence-electron chi connectivity index (χ0n) is 13.1. The molecule has 0 atom stereocenters. The molecule has 0 spiro atoms. The molecule has 0 heterocycles. The first-order chi connectivity index (χ1) is 10.1. The second-order valence-electron chi connectivity index (χ2n) is 5.24. The molecule has 112 valence electrons. The van der Waals surface area contributed by atoms with E-state index in [0.29, 0.717) is 6.61 Å². The lowest BCUT2D eigenvalue weighted by Crippen LogP contribution is -2.17. The van der Waals surface area contributed by atoms with Crippen LogP contribution in [0.1, 0.15) is 12.5 Å². The van der Waals surface area contributed by atoms with Gasteiger partial charge in [0.25, 0.3) is 0 Å². The second kappa shape index (κ2) is 7.09. The first-order valence-corrected chi connectivity index (χ1v) is 6.99. The van der Waals surface area contributed by atoms with E-state index in [-0.39, 0.29) is 0 Å². The lowest BCUT2D eigenvalue weighted by atomic mass is 10.0. The van der Waals surface area contributed by atoms with E-state index < -0.39 is 0 Å². The lowest BCUT2D eigenvalue weighted by molar-refractivity contribution is 0.126. The van der Waals surface area contributed by atoms with Gasteiger partial charge < -0.3 is 14.5 Å². The number of likely N-dealkylation sites (N-methyl/N-ethyl adjacent to an activating group) is 1. The maximum atomic E-state index is 5.34. The van der Waals surface area contributed by atoms with Crippen LogP contribution in [0.15, 0.2) is 41.6 Å². The number of hydrogen-bond donors (Lipinski definition) is 0. The highest BCUT2D eigenvalue weighted by molar-refractivity contribution is 6.01. The molecule has 0 amide bonds. The summed E-state index contributed by atoms with van der Waals surface area (Å²) in [6.45, 7) is 3.41. The van der Waals surface area contributed by atoms with E-state index >= 15 is 0 Å². The van der Waals surface area contributed by atoms with E-state index in [9.17, 15) is 0 Å². The third kappa shape index (κ3) is 4.20. The number of oxime groups is 1. The molecule has 0 saturated carbocycles. The summed E-state index contributed by atoms with van der Waals surface area (Å²) in [7, 11) is 5.70. The minimum atomic E-state index is 0.592. The second-order valence-corrected chi connectivity index (χ2v) is 5.24. The SMILES string of the molecule is COc1ccc2cc(/C(C)=N/OCCN(C)C)ccc2c1. The van der Waals surface area contributed by atoms with Gasteiger partial charge in [0, 0.05) is 6.54 Å². The average molecular weight is 286 g/mol. The summed E-state index contributed by atoms with van der Waals surface area (Å²) < 4.78 is 5.24. The summed E-state index contributed by atoms with van der Waals surface area (Å²) in [5.74, 6) is 0.868. The van der Waals surface area contributed by atoms with Crippen LogP contribution in [0, 0.1) is 0 Å². The maximum Gasteiger partial charge on any atom is 0.129 e. The zero-order valence-corrected chi connectivity index (χ0v) is 13.1. The van der Waals surface area contributed by atoms with Crippen LogP contribution >= 0.6 is 0 Å². The number of hydrogen-bond acceptors (Lipinski definition) is 4. The molecule has 0 saturated heterocycles. The van der Waals surface area contributed by atoms with E-state index in [0.717, 1.165) is 34.3 Å². The molecule has 0 aliphatic heterocycles. The Hall–Kier alpha value is -2.07. The lowest BCUT2D eigenvalue weighted by Gasteiger charge is -2.08. The van der Waals surface area contributed by atoms with Gasteiger partial charge in [0.1, 0.15) is 12.4 Å². The number of fused-ring (bicyclic) bond motifs is 1. The van der Waals surface area contributed by atoms with Crippen molar-refractivity contribution < 1.29 is 9.57 Å². The third-order valence-electron chi connectivity index (χ3n) is 3.30. The monoisotopic (exact) mass is 286 g/mol. The summed E-state index contributed by atoms with van der Waals surface area (Å²) in [6.07, 6.45) is 0. The normalized spacial score (nSPS) is 12.0. The van der Waals surface area contributed by atoms with Crippen LogP contribution in [0.4, 0.5) is 0 Å². The molecule has 2 aromatic rings. The Labute approximate surface area is 126 Å². The molecule has 0 radical (unpaired) electrons. The highest BCUT2D eigenvalue weighted by atomic mass is 16.6. The van der Waals surface area contributed by atoms with Gasteiger partial charge in [-0.15, -0.1) is 0 Å². The Kier molecular flexibility index (Phi) is 5.17. The molecule has 4 heteroatoms. The van der Waals surface area contributed by atoms with Crippen molar-refractivity contribution in [3.8, 4) is 5.75 Å². The van der Waals surface area contributed by atoms with Crippen molar-refractivity contribution in [3.05, 3.63) is 42.0 Å². The topological polar surface area (TPSA) is 34.1 Å². The van der Waals surface area contributed by atoms with Crippen molar-refractivity contribution in [1.82, 2.24) is 4.90 Å². The molecular formula is C17H22N2O2. The molecule has 0 aromatic heterocycles. The largest absolute Gasteiger partial charge is 0.497 e. The van der Waals surface area contributed by atoms with Gasteiger partial charge >= 0.3 is 0 Å². The smallest absolute Gasteiger partial charge is 0.129 e. The van der Waals surface area contributed by atoms with Gasteiger partial charge in [0.2, 0.25) is 0 Å². The van der Waals surface area contributed by atoms with E-state index in [1.807, 2.05) is 33.2 Å².